The SMILES string of the molecule is Cc1cccc2c(N[C@H]3CCCN(CCO)C3=O)ncnc12. The van der Waals surface area contributed by atoms with Gasteiger partial charge >= 0.3 is 0 Å². The fourth-order valence-corrected chi connectivity index (χ4v) is 2.93. The zero-order valence-electron chi connectivity index (χ0n) is 12.6. The molecule has 3 rings (SSSR count). The molecule has 2 heterocycles. The summed E-state index contributed by atoms with van der Waals surface area (Å²) in [7, 11) is 0. The summed E-state index contributed by atoms with van der Waals surface area (Å²) in [6.45, 7) is 3.10. The van der Waals surface area contributed by atoms with Crippen molar-refractivity contribution in [2.45, 2.75) is 25.8 Å². The number of benzene rings is 1. The van der Waals surface area contributed by atoms with Gasteiger partial charge in [-0.15, -0.1) is 0 Å². The van der Waals surface area contributed by atoms with E-state index in [-0.39, 0.29) is 18.6 Å². The van der Waals surface area contributed by atoms with Crippen LogP contribution >= 0.6 is 0 Å². The molecule has 0 spiro atoms. The third kappa shape index (κ3) is 2.74. The number of hydrogen-bond donors (Lipinski definition) is 2. The maximum absolute atomic E-state index is 12.4. The monoisotopic (exact) mass is 300 g/mol. The molecule has 1 fully saturated rings. The minimum Gasteiger partial charge on any atom is -0.395 e. The van der Waals surface area contributed by atoms with Crippen molar-refractivity contribution in [1.29, 1.82) is 0 Å². The van der Waals surface area contributed by atoms with E-state index >= 15 is 0 Å². The average molecular weight is 300 g/mol. The van der Waals surface area contributed by atoms with E-state index in [9.17, 15) is 4.79 Å². The van der Waals surface area contributed by atoms with Crippen molar-refractivity contribution in [2.75, 3.05) is 25.0 Å². The van der Waals surface area contributed by atoms with Gasteiger partial charge in [0.25, 0.3) is 0 Å². The van der Waals surface area contributed by atoms with Crippen LogP contribution in [0.5, 0.6) is 0 Å². The quantitative estimate of drug-likeness (QED) is 0.890. The Bertz CT molecular complexity index is 687. The second kappa shape index (κ2) is 6.27. The smallest absolute Gasteiger partial charge is 0.245 e. The Morgan fingerprint density at radius 1 is 1.41 bits per heavy atom. The number of carbonyl (C=O) groups excluding carboxylic acids is 1. The van der Waals surface area contributed by atoms with E-state index < -0.39 is 0 Å². The Morgan fingerprint density at radius 2 is 2.27 bits per heavy atom. The standard InChI is InChI=1S/C16H20N4O2/c1-11-4-2-5-12-14(11)17-10-18-15(12)19-13-6-3-7-20(8-9-21)16(13)22/h2,4-5,10,13,21H,3,6-9H2,1H3,(H,17,18,19)/t13-/m0/s1. The first-order valence-electron chi connectivity index (χ1n) is 7.57. The van der Waals surface area contributed by atoms with Crippen LogP contribution in [0, 0.1) is 6.92 Å². The number of aromatic nitrogens is 2. The highest BCUT2D eigenvalue weighted by molar-refractivity contribution is 5.93. The Labute approximate surface area is 129 Å². The van der Waals surface area contributed by atoms with Crippen molar-refractivity contribution < 1.29 is 9.90 Å². The Morgan fingerprint density at radius 3 is 3.09 bits per heavy atom. The molecule has 1 aliphatic rings. The van der Waals surface area contributed by atoms with Gasteiger partial charge < -0.3 is 15.3 Å². The number of anilines is 1. The molecule has 0 aliphatic carbocycles. The van der Waals surface area contributed by atoms with Crippen molar-refractivity contribution in [2.24, 2.45) is 0 Å². The number of aliphatic hydroxyl groups is 1. The molecule has 1 aromatic carbocycles. The van der Waals surface area contributed by atoms with E-state index in [0.717, 1.165) is 29.3 Å². The van der Waals surface area contributed by atoms with E-state index in [0.29, 0.717) is 18.9 Å². The van der Waals surface area contributed by atoms with Crippen LogP contribution in [0.15, 0.2) is 24.5 Å². The van der Waals surface area contributed by atoms with Crippen LogP contribution in [-0.2, 0) is 4.79 Å². The molecular formula is C16H20N4O2. The zero-order valence-corrected chi connectivity index (χ0v) is 12.6. The zero-order chi connectivity index (χ0) is 15.5. The molecule has 6 nitrogen and oxygen atoms in total. The van der Waals surface area contributed by atoms with Crippen molar-refractivity contribution in [3.63, 3.8) is 0 Å². The summed E-state index contributed by atoms with van der Waals surface area (Å²) < 4.78 is 0. The fraction of sp³-hybridized carbons (Fsp3) is 0.438. The maximum Gasteiger partial charge on any atom is 0.245 e. The largest absolute Gasteiger partial charge is 0.395 e. The second-order valence-corrected chi connectivity index (χ2v) is 5.58. The number of nitrogens with one attached hydrogen (secondary N) is 1. The third-order valence-electron chi connectivity index (χ3n) is 4.08. The highest BCUT2D eigenvalue weighted by Crippen LogP contribution is 2.24. The molecule has 2 N–H and O–H groups in total. The minimum atomic E-state index is -0.293. The summed E-state index contributed by atoms with van der Waals surface area (Å²) in [5.74, 6) is 0.720. The molecule has 0 unspecified atom stereocenters. The highest BCUT2D eigenvalue weighted by atomic mass is 16.3. The van der Waals surface area contributed by atoms with Crippen LogP contribution in [0.2, 0.25) is 0 Å². The van der Waals surface area contributed by atoms with E-state index in [4.69, 9.17) is 5.11 Å². The summed E-state index contributed by atoms with van der Waals surface area (Å²) in [6.07, 6.45) is 3.22. The molecule has 1 aliphatic heterocycles. The number of aliphatic hydroxyl groups excluding tert-OH is 1. The van der Waals surface area contributed by atoms with E-state index in [2.05, 4.69) is 15.3 Å². The third-order valence-corrected chi connectivity index (χ3v) is 4.08. The summed E-state index contributed by atoms with van der Waals surface area (Å²) >= 11 is 0. The number of rotatable bonds is 4. The number of nitrogens with zero attached hydrogens (tertiary/aromatic N) is 3. The number of para-hydroxylation sites is 1. The number of piperidine rings is 1. The number of β-amino-alcohol motifs (C(OH)–C–C–N with tert-alkyl or cyclic N) is 1. The molecule has 6 heteroatoms. The molecular weight excluding hydrogens is 280 g/mol. The van der Waals surface area contributed by atoms with Crippen LogP contribution < -0.4 is 5.32 Å². The van der Waals surface area contributed by atoms with Crippen molar-refractivity contribution in [3.05, 3.63) is 30.1 Å². The first kappa shape index (κ1) is 14.7. The number of hydrogen-bond acceptors (Lipinski definition) is 5. The molecule has 116 valence electrons. The predicted octanol–water partition coefficient (Wildman–Crippen LogP) is 1.33. The summed E-state index contributed by atoms with van der Waals surface area (Å²) in [6, 6.07) is 5.64. The molecule has 1 amide bonds. The van der Waals surface area contributed by atoms with Crippen LogP contribution in [0.3, 0.4) is 0 Å². The number of aryl methyl sites for hydroxylation is 1. The molecule has 2 aromatic rings. The molecule has 0 radical (unpaired) electrons. The highest BCUT2D eigenvalue weighted by Gasteiger charge is 2.28. The van der Waals surface area contributed by atoms with Gasteiger partial charge in [0.1, 0.15) is 18.2 Å². The van der Waals surface area contributed by atoms with Gasteiger partial charge in [0.2, 0.25) is 5.91 Å². The first-order valence-corrected chi connectivity index (χ1v) is 7.57. The topological polar surface area (TPSA) is 78.4 Å². The molecule has 0 bridgehead atoms. The Hall–Kier alpha value is -2.21. The fourth-order valence-electron chi connectivity index (χ4n) is 2.93. The second-order valence-electron chi connectivity index (χ2n) is 5.58. The summed E-state index contributed by atoms with van der Waals surface area (Å²) in [4.78, 5) is 22.8. The first-order chi connectivity index (χ1) is 10.7. The maximum atomic E-state index is 12.4. The van der Waals surface area contributed by atoms with Gasteiger partial charge in [0, 0.05) is 18.5 Å². The molecule has 1 aromatic heterocycles. The number of carbonyl (C=O) groups is 1. The molecule has 22 heavy (non-hydrogen) atoms. The van der Waals surface area contributed by atoms with Gasteiger partial charge in [-0.1, -0.05) is 12.1 Å². The number of fused-ring (bicyclic) bond motifs is 1. The van der Waals surface area contributed by atoms with Gasteiger partial charge in [0.05, 0.1) is 12.1 Å². The van der Waals surface area contributed by atoms with Crippen molar-refractivity contribution >= 4 is 22.6 Å². The summed E-state index contributed by atoms with van der Waals surface area (Å²) in [5.41, 5.74) is 1.98. The van der Waals surface area contributed by atoms with E-state index in [1.807, 2.05) is 25.1 Å². The lowest BCUT2D eigenvalue weighted by Crippen LogP contribution is -2.48. The van der Waals surface area contributed by atoms with Gasteiger partial charge in [-0.25, -0.2) is 9.97 Å². The van der Waals surface area contributed by atoms with E-state index in [1.165, 1.54) is 6.33 Å². The van der Waals surface area contributed by atoms with Gasteiger partial charge in [-0.05, 0) is 31.4 Å². The number of likely N-dealkylation sites (tertiary alicyclic amines) is 1. The number of amides is 1. The Kier molecular flexibility index (Phi) is 4.20. The van der Waals surface area contributed by atoms with E-state index in [1.54, 1.807) is 4.90 Å². The van der Waals surface area contributed by atoms with Gasteiger partial charge in [-0.2, -0.15) is 0 Å². The lowest BCUT2D eigenvalue weighted by molar-refractivity contribution is -0.134. The molecule has 1 saturated heterocycles. The predicted molar refractivity (Wildman–Crippen MR) is 84.6 cm³/mol. The molecule has 0 saturated carbocycles. The van der Waals surface area contributed by atoms with Crippen LogP contribution in [-0.4, -0.2) is 51.6 Å². The lowest BCUT2D eigenvalue weighted by atomic mass is 10.0. The van der Waals surface area contributed by atoms with Gasteiger partial charge in [0.15, 0.2) is 0 Å². The normalized spacial score (nSPS) is 18.7. The molecule has 1 atom stereocenters. The summed E-state index contributed by atoms with van der Waals surface area (Å²) in [5, 5.41) is 13.2. The average Bonchev–Trinajstić information content (AvgIpc) is 2.52. The van der Waals surface area contributed by atoms with Crippen molar-refractivity contribution in [3.8, 4) is 0 Å². The van der Waals surface area contributed by atoms with Crippen molar-refractivity contribution in [1.82, 2.24) is 14.9 Å². The van der Waals surface area contributed by atoms with Crippen LogP contribution in [0.25, 0.3) is 10.9 Å². The Balaban J connectivity index is 1.87. The van der Waals surface area contributed by atoms with Crippen LogP contribution in [0.1, 0.15) is 18.4 Å². The minimum absolute atomic E-state index is 0.00586. The van der Waals surface area contributed by atoms with Gasteiger partial charge in [-0.3, -0.25) is 4.79 Å². The lowest BCUT2D eigenvalue weighted by Gasteiger charge is -2.32. The van der Waals surface area contributed by atoms with Crippen LogP contribution in [0.4, 0.5) is 5.82 Å².